The molecule has 1 amide bonds. The lowest BCUT2D eigenvalue weighted by Crippen LogP contribution is -2.29. The number of hydrogen-bond acceptors (Lipinski definition) is 6. The highest BCUT2D eigenvalue weighted by Crippen LogP contribution is 2.44. The molecular weight excluding hydrogens is 481 g/mol. The number of halogens is 2. The highest BCUT2D eigenvalue weighted by molar-refractivity contribution is 6.51. The molecule has 0 spiro atoms. The maximum absolute atomic E-state index is 13.2. The molecule has 7 nitrogen and oxygen atoms in total. The molecule has 3 aromatic carbocycles. The summed E-state index contributed by atoms with van der Waals surface area (Å²) in [5, 5.41) is 21.3. The molecule has 0 bridgehead atoms. The molecule has 1 heterocycles. The van der Waals surface area contributed by atoms with Crippen molar-refractivity contribution in [1.82, 2.24) is 0 Å². The number of methoxy groups -OCH3 is 2. The van der Waals surface area contributed by atoms with Crippen LogP contribution >= 0.6 is 23.2 Å². The molecule has 1 unspecified atom stereocenters. The highest BCUT2D eigenvalue weighted by Gasteiger charge is 2.47. The van der Waals surface area contributed by atoms with E-state index in [2.05, 4.69) is 0 Å². The summed E-state index contributed by atoms with van der Waals surface area (Å²) in [6, 6.07) is 14.4. The van der Waals surface area contributed by atoms with Gasteiger partial charge in [0.15, 0.2) is 0 Å². The van der Waals surface area contributed by atoms with E-state index < -0.39 is 23.5 Å². The van der Waals surface area contributed by atoms with E-state index in [1.807, 2.05) is 0 Å². The number of ether oxygens (including phenoxy) is 2. The lowest BCUT2D eigenvalue weighted by molar-refractivity contribution is -0.132. The Bertz CT molecular complexity index is 1340. The maximum atomic E-state index is 13.2. The molecule has 34 heavy (non-hydrogen) atoms. The van der Waals surface area contributed by atoms with E-state index in [4.69, 9.17) is 32.7 Å². The van der Waals surface area contributed by atoms with E-state index in [0.717, 1.165) is 0 Å². The second kappa shape index (κ2) is 9.29. The van der Waals surface area contributed by atoms with E-state index in [1.165, 1.54) is 49.5 Å². The first kappa shape index (κ1) is 23.5. The van der Waals surface area contributed by atoms with Gasteiger partial charge in [-0.15, -0.1) is 0 Å². The fourth-order valence-electron chi connectivity index (χ4n) is 3.84. The minimum atomic E-state index is -1.04. The van der Waals surface area contributed by atoms with Gasteiger partial charge in [-0.25, -0.2) is 0 Å². The standard InChI is InChI=1S/C25H19Cl2NO6/c1-33-16-5-3-4-15(12-16)28-22(13-6-8-19(29)17(26)10-13)21(24(31)25(28)32)23(30)14-7-9-20(34-2)18(27)11-14/h3-12,22,29-30H,1-2H3/b23-21-. The Morgan fingerprint density at radius 2 is 1.71 bits per heavy atom. The molecule has 1 aliphatic rings. The number of carbonyl (C=O) groups is 2. The predicted molar refractivity (Wildman–Crippen MR) is 129 cm³/mol. The molecule has 1 saturated heterocycles. The number of benzene rings is 3. The first-order chi connectivity index (χ1) is 16.3. The molecule has 9 heteroatoms. The van der Waals surface area contributed by atoms with E-state index >= 15 is 0 Å². The van der Waals surface area contributed by atoms with Crippen LogP contribution in [-0.2, 0) is 9.59 Å². The Hall–Kier alpha value is -3.68. The molecular formula is C25H19Cl2NO6. The number of rotatable bonds is 5. The number of aliphatic hydroxyl groups is 1. The number of anilines is 1. The van der Waals surface area contributed by atoms with Crippen LogP contribution in [-0.4, -0.2) is 36.1 Å². The van der Waals surface area contributed by atoms with E-state index in [-0.39, 0.29) is 26.9 Å². The molecule has 0 saturated carbocycles. The lowest BCUT2D eigenvalue weighted by atomic mass is 9.95. The summed E-state index contributed by atoms with van der Waals surface area (Å²) in [6.45, 7) is 0. The van der Waals surface area contributed by atoms with Gasteiger partial charge in [0.2, 0.25) is 0 Å². The van der Waals surface area contributed by atoms with Gasteiger partial charge in [-0.2, -0.15) is 0 Å². The van der Waals surface area contributed by atoms with Gasteiger partial charge < -0.3 is 19.7 Å². The lowest BCUT2D eigenvalue weighted by Gasteiger charge is -2.26. The van der Waals surface area contributed by atoms with Crippen molar-refractivity contribution >= 4 is 46.3 Å². The van der Waals surface area contributed by atoms with Crippen LogP contribution in [0.3, 0.4) is 0 Å². The summed E-state index contributed by atoms with van der Waals surface area (Å²) in [6.07, 6.45) is 0. The highest BCUT2D eigenvalue weighted by atomic mass is 35.5. The fourth-order valence-corrected chi connectivity index (χ4v) is 4.28. The first-order valence-corrected chi connectivity index (χ1v) is 10.8. The van der Waals surface area contributed by atoms with Gasteiger partial charge in [0, 0.05) is 17.3 Å². The van der Waals surface area contributed by atoms with Crippen molar-refractivity contribution in [3.05, 3.63) is 87.4 Å². The van der Waals surface area contributed by atoms with Crippen molar-refractivity contribution in [2.75, 3.05) is 19.1 Å². The normalized spacial score (nSPS) is 17.2. The quantitative estimate of drug-likeness (QED) is 0.279. The van der Waals surface area contributed by atoms with Crippen molar-refractivity contribution in [3.8, 4) is 17.2 Å². The number of aromatic hydroxyl groups is 1. The van der Waals surface area contributed by atoms with Gasteiger partial charge in [-0.05, 0) is 48.0 Å². The molecule has 0 radical (unpaired) electrons. The zero-order valence-electron chi connectivity index (χ0n) is 18.1. The Morgan fingerprint density at radius 1 is 0.941 bits per heavy atom. The van der Waals surface area contributed by atoms with Crippen molar-refractivity contribution < 1.29 is 29.3 Å². The second-order valence-electron chi connectivity index (χ2n) is 7.43. The summed E-state index contributed by atoms with van der Waals surface area (Å²) in [4.78, 5) is 27.7. The zero-order valence-corrected chi connectivity index (χ0v) is 19.6. The van der Waals surface area contributed by atoms with Crippen LogP contribution in [0.25, 0.3) is 5.76 Å². The summed E-state index contributed by atoms with van der Waals surface area (Å²) in [5.74, 6) is -1.45. The second-order valence-corrected chi connectivity index (χ2v) is 8.25. The third-order valence-electron chi connectivity index (χ3n) is 5.49. The number of nitrogens with zero attached hydrogens (tertiary/aromatic N) is 1. The Kier molecular flexibility index (Phi) is 6.41. The zero-order chi connectivity index (χ0) is 24.6. The Balaban J connectivity index is 1.96. The number of phenolic OH excluding ortho intramolecular Hbond substituents is 1. The van der Waals surface area contributed by atoms with Gasteiger partial charge in [-0.1, -0.05) is 35.3 Å². The van der Waals surface area contributed by atoms with Crippen molar-refractivity contribution in [2.45, 2.75) is 6.04 Å². The summed E-state index contributed by atoms with van der Waals surface area (Å²) < 4.78 is 10.4. The number of hydrogen-bond donors (Lipinski definition) is 2. The number of ketones is 1. The van der Waals surface area contributed by atoms with Gasteiger partial charge in [0.05, 0.1) is 35.9 Å². The minimum absolute atomic E-state index is 0.0289. The van der Waals surface area contributed by atoms with Crippen molar-refractivity contribution in [3.63, 3.8) is 0 Å². The number of carbonyl (C=O) groups excluding carboxylic acids is 2. The van der Waals surface area contributed by atoms with Gasteiger partial charge in [0.1, 0.15) is 23.0 Å². The Labute approximate surface area is 205 Å². The smallest absolute Gasteiger partial charge is 0.300 e. The van der Waals surface area contributed by atoms with Crippen LogP contribution in [0.4, 0.5) is 5.69 Å². The molecule has 1 fully saturated rings. The van der Waals surface area contributed by atoms with E-state index in [9.17, 15) is 19.8 Å². The molecule has 3 aromatic rings. The number of amides is 1. The molecule has 0 aromatic heterocycles. The molecule has 2 N–H and O–H groups in total. The van der Waals surface area contributed by atoms with Crippen LogP contribution in [0.15, 0.2) is 66.2 Å². The maximum Gasteiger partial charge on any atom is 0.300 e. The van der Waals surface area contributed by atoms with Crippen LogP contribution in [0.5, 0.6) is 17.2 Å². The van der Waals surface area contributed by atoms with Crippen LogP contribution in [0.2, 0.25) is 10.0 Å². The minimum Gasteiger partial charge on any atom is -0.507 e. The fraction of sp³-hybridized carbons (Fsp3) is 0.120. The largest absolute Gasteiger partial charge is 0.507 e. The molecule has 174 valence electrons. The van der Waals surface area contributed by atoms with Gasteiger partial charge >= 0.3 is 0 Å². The SMILES string of the molecule is COc1cccc(N2C(=O)C(=O)/C(=C(\O)c3ccc(OC)c(Cl)c3)C2c2ccc(O)c(Cl)c2)c1. The number of Topliss-reactive ketones (excluding diaryl/α,β-unsaturated/α-hetero) is 1. The third-order valence-corrected chi connectivity index (χ3v) is 6.09. The monoisotopic (exact) mass is 499 g/mol. The summed E-state index contributed by atoms with van der Waals surface area (Å²) >= 11 is 12.4. The van der Waals surface area contributed by atoms with Gasteiger partial charge in [0.25, 0.3) is 11.7 Å². The van der Waals surface area contributed by atoms with Gasteiger partial charge in [-0.3, -0.25) is 14.5 Å². The summed E-state index contributed by atoms with van der Waals surface area (Å²) in [5.41, 5.74) is 0.855. The Morgan fingerprint density at radius 3 is 2.35 bits per heavy atom. The first-order valence-electron chi connectivity index (χ1n) is 10.0. The topological polar surface area (TPSA) is 96.3 Å². The van der Waals surface area contributed by atoms with Crippen LogP contribution < -0.4 is 14.4 Å². The number of aliphatic hydroxyl groups excluding tert-OH is 1. The van der Waals surface area contributed by atoms with Crippen molar-refractivity contribution in [2.24, 2.45) is 0 Å². The van der Waals surface area contributed by atoms with E-state index in [1.54, 1.807) is 30.3 Å². The average Bonchev–Trinajstić information content (AvgIpc) is 3.10. The van der Waals surface area contributed by atoms with Crippen LogP contribution in [0, 0.1) is 0 Å². The molecule has 0 aliphatic carbocycles. The average molecular weight is 500 g/mol. The molecule has 1 atom stereocenters. The third kappa shape index (κ3) is 4.04. The molecule has 1 aliphatic heterocycles. The van der Waals surface area contributed by atoms with Crippen LogP contribution in [0.1, 0.15) is 17.2 Å². The van der Waals surface area contributed by atoms with Crippen molar-refractivity contribution in [1.29, 1.82) is 0 Å². The number of phenols is 1. The van der Waals surface area contributed by atoms with E-state index in [0.29, 0.717) is 22.7 Å². The molecule has 4 rings (SSSR count). The summed E-state index contributed by atoms with van der Waals surface area (Å²) in [7, 11) is 2.94. The predicted octanol–water partition coefficient (Wildman–Crippen LogP) is 5.34.